The van der Waals surface area contributed by atoms with Gasteiger partial charge in [-0.2, -0.15) is 0 Å². The number of nitrogens with one attached hydrogen (secondary N) is 1. The molecule has 3 atom stereocenters. The van der Waals surface area contributed by atoms with Crippen LogP contribution in [0.5, 0.6) is 5.88 Å². The number of nitrogens with zero attached hydrogens (tertiary/aromatic N) is 2. The van der Waals surface area contributed by atoms with Crippen LogP contribution in [0.4, 0.5) is 4.39 Å². The maximum absolute atomic E-state index is 14.6. The smallest absolute Gasteiger partial charge is 0.221 e. The van der Waals surface area contributed by atoms with Crippen LogP contribution in [0.25, 0.3) is 10.8 Å². The van der Waals surface area contributed by atoms with Crippen molar-refractivity contribution in [2.45, 2.75) is 46.0 Å². The Balaban J connectivity index is 1.60. The summed E-state index contributed by atoms with van der Waals surface area (Å²) >= 11 is 0. The summed E-state index contributed by atoms with van der Waals surface area (Å²) in [4.78, 5) is 8.82. The van der Waals surface area contributed by atoms with E-state index in [4.69, 9.17) is 10.5 Å². The molecule has 1 aromatic heterocycles. The highest BCUT2D eigenvalue weighted by molar-refractivity contribution is 6.05. The predicted molar refractivity (Wildman–Crippen MR) is 110 cm³/mol. The highest BCUT2D eigenvalue weighted by Crippen LogP contribution is 2.34. The Hall–Kier alpha value is -2.63. The average molecular weight is 382 g/mol. The van der Waals surface area contributed by atoms with Gasteiger partial charge in [0.15, 0.2) is 0 Å². The Labute approximate surface area is 164 Å². The Morgan fingerprint density at radius 3 is 2.89 bits per heavy atom. The minimum Gasteiger partial charge on any atom is -0.475 e. The number of alkyl halides is 1. The third kappa shape index (κ3) is 3.21. The quantitative estimate of drug-likeness (QED) is 0.828. The number of halogens is 1. The molecule has 28 heavy (non-hydrogen) atoms. The number of aliphatic imine (C=N–C) groups is 1. The number of pyridine rings is 1. The van der Waals surface area contributed by atoms with Gasteiger partial charge in [-0.3, -0.25) is 4.99 Å². The van der Waals surface area contributed by atoms with E-state index in [2.05, 4.69) is 47.9 Å². The van der Waals surface area contributed by atoms with Crippen LogP contribution in [-0.4, -0.2) is 29.6 Å². The van der Waals surface area contributed by atoms with Crippen molar-refractivity contribution in [1.82, 2.24) is 10.3 Å². The van der Waals surface area contributed by atoms with E-state index < -0.39 is 6.17 Å². The summed E-state index contributed by atoms with van der Waals surface area (Å²) in [7, 11) is 0. The first-order valence-corrected chi connectivity index (χ1v) is 9.80. The molecule has 4 rings (SSSR count). The molecule has 148 valence electrons. The second-order valence-corrected chi connectivity index (χ2v) is 8.29. The molecular formula is C22H27FN4O. The first kappa shape index (κ1) is 18.7. The number of amidine groups is 1. The molecule has 2 aliphatic rings. The zero-order valence-electron chi connectivity index (χ0n) is 16.6. The fourth-order valence-electron chi connectivity index (χ4n) is 4.23. The number of nitrogens with two attached hydrogens (primary N) is 1. The van der Waals surface area contributed by atoms with Gasteiger partial charge < -0.3 is 15.8 Å². The SMILES string of the molecule is C=C1NC(COc2ncc(C)c3cc4c(cc23)CN=C4N)C(CC(C)C)C1F. The fraction of sp³-hybridized carbons (Fsp3) is 0.455. The second kappa shape index (κ2) is 7.08. The Morgan fingerprint density at radius 1 is 1.36 bits per heavy atom. The van der Waals surface area contributed by atoms with Gasteiger partial charge >= 0.3 is 0 Å². The average Bonchev–Trinajstić information content (AvgIpc) is 3.14. The molecule has 3 unspecified atom stereocenters. The van der Waals surface area contributed by atoms with Crippen LogP contribution in [-0.2, 0) is 6.54 Å². The van der Waals surface area contributed by atoms with Gasteiger partial charge in [0.25, 0.3) is 0 Å². The van der Waals surface area contributed by atoms with E-state index in [0.717, 1.165) is 33.9 Å². The van der Waals surface area contributed by atoms with Crippen molar-refractivity contribution in [3.8, 4) is 5.88 Å². The molecule has 0 saturated carbocycles. The monoisotopic (exact) mass is 382 g/mol. The van der Waals surface area contributed by atoms with E-state index >= 15 is 0 Å². The van der Waals surface area contributed by atoms with Crippen LogP contribution in [0.2, 0.25) is 0 Å². The van der Waals surface area contributed by atoms with Crippen molar-refractivity contribution in [2.75, 3.05) is 6.61 Å². The van der Waals surface area contributed by atoms with Gasteiger partial charge in [0.2, 0.25) is 5.88 Å². The lowest BCUT2D eigenvalue weighted by Gasteiger charge is -2.22. The lowest BCUT2D eigenvalue weighted by Crippen LogP contribution is -2.34. The zero-order valence-corrected chi connectivity index (χ0v) is 16.6. The lowest BCUT2D eigenvalue weighted by atomic mass is 9.89. The topological polar surface area (TPSA) is 72.5 Å². The Morgan fingerprint density at radius 2 is 2.14 bits per heavy atom. The van der Waals surface area contributed by atoms with E-state index in [1.165, 1.54) is 0 Å². The van der Waals surface area contributed by atoms with E-state index in [1.807, 2.05) is 6.92 Å². The third-order valence-electron chi connectivity index (χ3n) is 5.71. The molecule has 6 heteroatoms. The van der Waals surface area contributed by atoms with Crippen LogP contribution in [0.15, 0.2) is 35.6 Å². The molecule has 1 saturated heterocycles. The molecular weight excluding hydrogens is 355 g/mol. The molecule has 0 aliphatic carbocycles. The zero-order chi connectivity index (χ0) is 20.0. The number of rotatable bonds is 5. The summed E-state index contributed by atoms with van der Waals surface area (Å²) in [5.74, 6) is 1.41. The second-order valence-electron chi connectivity index (χ2n) is 8.29. The number of ether oxygens (including phenoxy) is 1. The third-order valence-corrected chi connectivity index (χ3v) is 5.71. The standard InChI is InChI=1S/C22H27FN4O/c1-11(2)5-18-19(27-13(4)20(18)23)10-28-22-17-6-14-9-25-21(24)16(14)7-15(17)12(3)8-26-22/h6-8,11,18-20,27H,4-5,9-10H2,1-3H3,(H2,24,25). The van der Waals surface area contributed by atoms with Crippen molar-refractivity contribution >= 4 is 16.6 Å². The number of fused-ring (bicyclic) bond motifs is 2. The summed E-state index contributed by atoms with van der Waals surface area (Å²) in [6, 6.07) is 4.01. The van der Waals surface area contributed by atoms with Crippen molar-refractivity contribution in [3.05, 3.63) is 47.3 Å². The first-order chi connectivity index (χ1) is 13.3. The molecule has 3 N–H and O–H groups in total. The van der Waals surface area contributed by atoms with Gasteiger partial charge in [-0.15, -0.1) is 0 Å². The van der Waals surface area contributed by atoms with Crippen molar-refractivity contribution < 1.29 is 9.13 Å². The van der Waals surface area contributed by atoms with Crippen LogP contribution in [0, 0.1) is 18.8 Å². The summed E-state index contributed by atoms with van der Waals surface area (Å²) in [5, 5.41) is 5.17. The molecule has 1 aromatic carbocycles. The lowest BCUT2D eigenvalue weighted by molar-refractivity contribution is 0.189. The van der Waals surface area contributed by atoms with Gasteiger partial charge in [-0.05, 0) is 47.9 Å². The van der Waals surface area contributed by atoms with E-state index in [9.17, 15) is 4.39 Å². The number of benzene rings is 1. The normalized spacial score (nSPS) is 23.8. The first-order valence-electron chi connectivity index (χ1n) is 9.80. The summed E-state index contributed by atoms with van der Waals surface area (Å²) in [6.45, 7) is 11.0. The molecule has 0 bridgehead atoms. The van der Waals surface area contributed by atoms with Crippen molar-refractivity contribution in [1.29, 1.82) is 0 Å². The maximum atomic E-state index is 14.6. The molecule has 2 aromatic rings. The minimum absolute atomic E-state index is 0.114. The van der Waals surface area contributed by atoms with Crippen LogP contribution in [0.3, 0.4) is 0 Å². The summed E-state index contributed by atoms with van der Waals surface area (Å²) in [5.41, 5.74) is 9.57. The van der Waals surface area contributed by atoms with Crippen molar-refractivity contribution in [3.63, 3.8) is 0 Å². The molecule has 5 nitrogen and oxygen atoms in total. The van der Waals surface area contributed by atoms with Gasteiger partial charge in [0.05, 0.1) is 12.6 Å². The maximum Gasteiger partial charge on any atom is 0.221 e. The van der Waals surface area contributed by atoms with Crippen molar-refractivity contribution in [2.24, 2.45) is 22.6 Å². The summed E-state index contributed by atoms with van der Waals surface area (Å²) in [6.07, 6.45) is 1.55. The van der Waals surface area contributed by atoms with Gasteiger partial charge in [-0.1, -0.05) is 20.4 Å². The minimum atomic E-state index is -1.04. The number of aryl methyl sites for hydroxylation is 1. The van der Waals surface area contributed by atoms with Crippen LogP contribution >= 0.6 is 0 Å². The number of hydrogen-bond donors (Lipinski definition) is 2. The fourth-order valence-corrected chi connectivity index (χ4v) is 4.23. The van der Waals surface area contributed by atoms with Gasteiger partial charge in [-0.25, -0.2) is 9.37 Å². The van der Waals surface area contributed by atoms with Crippen LogP contribution < -0.4 is 15.8 Å². The van der Waals surface area contributed by atoms with E-state index in [-0.39, 0.29) is 12.0 Å². The molecule has 2 aliphatic heterocycles. The molecule has 0 amide bonds. The Kier molecular flexibility index (Phi) is 4.73. The predicted octanol–water partition coefficient (Wildman–Crippen LogP) is 3.63. The molecule has 0 radical (unpaired) electrons. The number of allylic oxidation sites excluding steroid dienone is 1. The molecule has 1 fully saturated rings. The number of aromatic nitrogens is 1. The van der Waals surface area contributed by atoms with Crippen LogP contribution in [0.1, 0.15) is 37.0 Å². The molecule has 3 heterocycles. The highest BCUT2D eigenvalue weighted by Gasteiger charge is 2.39. The van der Waals surface area contributed by atoms with Gasteiger partial charge in [0.1, 0.15) is 18.6 Å². The van der Waals surface area contributed by atoms with E-state index in [0.29, 0.717) is 36.5 Å². The van der Waals surface area contributed by atoms with Gasteiger partial charge in [0, 0.05) is 28.8 Å². The number of hydrogen-bond acceptors (Lipinski definition) is 5. The largest absolute Gasteiger partial charge is 0.475 e. The summed E-state index contributed by atoms with van der Waals surface area (Å²) < 4.78 is 20.7. The van der Waals surface area contributed by atoms with E-state index in [1.54, 1.807) is 6.20 Å². The molecule has 0 spiro atoms. The Bertz CT molecular complexity index is 969. The highest BCUT2D eigenvalue weighted by atomic mass is 19.1.